The highest BCUT2D eigenvalue weighted by Gasteiger charge is 2.28. The molecule has 2 nitrogen and oxygen atoms in total. The number of hydrogen-bond donors (Lipinski definition) is 1. The van der Waals surface area contributed by atoms with E-state index in [1.54, 1.807) is 7.11 Å². The summed E-state index contributed by atoms with van der Waals surface area (Å²) in [5.41, 5.74) is 1.40. The van der Waals surface area contributed by atoms with Gasteiger partial charge in [-0.25, -0.2) is 0 Å². The molecule has 0 saturated heterocycles. The number of nitrogens with one attached hydrogen (secondary N) is 1. The fourth-order valence-corrected chi connectivity index (χ4v) is 4.07. The van der Waals surface area contributed by atoms with Gasteiger partial charge >= 0.3 is 0 Å². The summed E-state index contributed by atoms with van der Waals surface area (Å²) in [6.45, 7) is 2.32. The Morgan fingerprint density at radius 1 is 1.35 bits per heavy atom. The van der Waals surface area contributed by atoms with Crippen molar-refractivity contribution in [3.63, 3.8) is 0 Å². The predicted molar refractivity (Wildman–Crippen MR) is 88.4 cm³/mol. The van der Waals surface area contributed by atoms with Crippen LogP contribution in [-0.2, 0) is 6.42 Å². The van der Waals surface area contributed by atoms with Crippen molar-refractivity contribution in [2.24, 2.45) is 11.8 Å². The smallest absolute Gasteiger partial charge is 0.133 e. The van der Waals surface area contributed by atoms with Crippen LogP contribution in [-0.4, -0.2) is 20.2 Å². The molecule has 3 heteroatoms. The zero-order valence-corrected chi connectivity index (χ0v) is 14.4. The Bertz CT molecular complexity index is 435. The zero-order valence-electron chi connectivity index (χ0n) is 12.8. The number of benzene rings is 1. The molecule has 0 aliphatic heterocycles. The van der Waals surface area contributed by atoms with E-state index in [1.807, 2.05) is 0 Å². The van der Waals surface area contributed by atoms with Crippen molar-refractivity contribution in [2.75, 3.05) is 14.2 Å². The zero-order chi connectivity index (χ0) is 14.5. The lowest BCUT2D eigenvalue weighted by Gasteiger charge is -2.36. The van der Waals surface area contributed by atoms with Gasteiger partial charge < -0.3 is 10.1 Å². The molecule has 1 fully saturated rings. The van der Waals surface area contributed by atoms with E-state index < -0.39 is 0 Å². The lowest BCUT2D eigenvalue weighted by Crippen LogP contribution is -2.39. The third-order valence-corrected chi connectivity index (χ3v) is 5.37. The quantitative estimate of drug-likeness (QED) is 0.857. The molecule has 0 spiro atoms. The van der Waals surface area contributed by atoms with Gasteiger partial charge in [0.05, 0.1) is 11.6 Å². The summed E-state index contributed by atoms with van der Waals surface area (Å²) in [7, 11) is 3.82. The summed E-state index contributed by atoms with van der Waals surface area (Å²) in [4.78, 5) is 0. The van der Waals surface area contributed by atoms with Gasteiger partial charge in [-0.3, -0.25) is 0 Å². The first-order chi connectivity index (χ1) is 9.67. The minimum atomic E-state index is 0.665. The van der Waals surface area contributed by atoms with Crippen LogP contribution >= 0.6 is 15.9 Å². The fourth-order valence-electron chi connectivity index (χ4n) is 3.48. The van der Waals surface area contributed by atoms with Gasteiger partial charge in [-0.15, -0.1) is 0 Å². The molecule has 0 aromatic heterocycles. The summed E-state index contributed by atoms with van der Waals surface area (Å²) >= 11 is 3.59. The molecule has 112 valence electrons. The fraction of sp³-hybridized carbons (Fsp3) is 0.647. The maximum atomic E-state index is 5.31. The molecule has 20 heavy (non-hydrogen) atoms. The number of methoxy groups -OCH3 is 1. The number of ether oxygens (including phenoxy) is 1. The number of halogens is 1. The molecule has 0 radical (unpaired) electrons. The Kier molecular flexibility index (Phi) is 5.91. The Labute approximate surface area is 131 Å². The second kappa shape index (κ2) is 7.46. The van der Waals surface area contributed by atoms with Gasteiger partial charge in [0.15, 0.2) is 0 Å². The van der Waals surface area contributed by atoms with Crippen molar-refractivity contribution in [1.82, 2.24) is 5.32 Å². The standard InChI is InChI=1S/C17H26BrNO/c1-4-12-5-7-16(19-2)14(9-12)10-13-6-8-17(20-3)15(18)11-13/h6,8,11-12,14,16,19H,4-5,7,9-10H2,1-3H3. The lowest BCUT2D eigenvalue weighted by atomic mass is 9.74. The molecular weight excluding hydrogens is 314 g/mol. The normalized spacial score (nSPS) is 26.5. The van der Waals surface area contributed by atoms with E-state index in [1.165, 1.54) is 31.2 Å². The van der Waals surface area contributed by atoms with Crippen LogP contribution in [0.4, 0.5) is 0 Å². The van der Waals surface area contributed by atoms with Crippen LogP contribution in [0.2, 0.25) is 0 Å². The van der Waals surface area contributed by atoms with Crippen LogP contribution in [0.5, 0.6) is 5.75 Å². The second-order valence-corrected chi connectivity index (χ2v) is 6.77. The molecule has 0 heterocycles. The monoisotopic (exact) mass is 339 g/mol. The van der Waals surface area contributed by atoms with Gasteiger partial charge in [0.25, 0.3) is 0 Å². The van der Waals surface area contributed by atoms with Gasteiger partial charge in [-0.05, 0) is 78.2 Å². The summed E-state index contributed by atoms with van der Waals surface area (Å²) in [6.07, 6.45) is 6.53. The van der Waals surface area contributed by atoms with E-state index >= 15 is 0 Å². The highest BCUT2D eigenvalue weighted by atomic mass is 79.9. The second-order valence-electron chi connectivity index (χ2n) is 5.92. The van der Waals surface area contributed by atoms with Crippen LogP contribution in [0, 0.1) is 11.8 Å². The van der Waals surface area contributed by atoms with Crippen molar-refractivity contribution in [1.29, 1.82) is 0 Å². The first-order valence-corrected chi connectivity index (χ1v) is 8.46. The van der Waals surface area contributed by atoms with Crippen molar-refractivity contribution < 1.29 is 4.74 Å². The van der Waals surface area contributed by atoms with Crippen LogP contribution in [0.25, 0.3) is 0 Å². The molecule has 1 saturated carbocycles. The maximum absolute atomic E-state index is 5.31. The average molecular weight is 340 g/mol. The number of rotatable bonds is 5. The van der Waals surface area contributed by atoms with Gasteiger partial charge in [-0.1, -0.05) is 19.4 Å². The van der Waals surface area contributed by atoms with Crippen molar-refractivity contribution in [3.05, 3.63) is 28.2 Å². The third kappa shape index (κ3) is 3.76. The SMILES string of the molecule is CCC1CCC(NC)C(Cc2ccc(OC)c(Br)c2)C1. The van der Waals surface area contributed by atoms with Crippen molar-refractivity contribution >= 4 is 15.9 Å². The summed E-state index contributed by atoms with van der Waals surface area (Å²) in [6, 6.07) is 7.14. The van der Waals surface area contributed by atoms with E-state index in [9.17, 15) is 0 Å². The Morgan fingerprint density at radius 2 is 2.15 bits per heavy atom. The molecule has 1 aromatic rings. The number of hydrogen-bond acceptors (Lipinski definition) is 2. The minimum Gasteiger partial charge on any atom is -0.496 e. The third-order valence-electron chi connectivity index (χ3n) is 4.75. The first kappa shape index (κ1) is 15.8. The molecule has 3 unspecified atom stereocenters. The largest absolute Gasteiger partial charge is 0.496 e. The molecule has 1 aromatic carbocycles. The van der Waals surface area contributed by atoms with Crippen molar-refractivity contribution in [2.45, 2.75) is 45.1 Å². The summed E-state index contributed by atoms with van der Waals surface area (Å²) < 4.78 is 6.36. The highest BCUT2D eigenvalue weighted by Crippen LogP contribution is 2.34. The molecular formula is C17H26BrNO. The predicted octanol–water partition coefficient (Wildman–Crippen LogP) is 4.41. The summed E-state index contributed by atoms with van der Waals surface area (Å²) in [5.74, 6) is 2.57. The summed E-state index contributed by atoms with van der Waals surface area (Å²) in [5, 5.41) is 3.52. The first-order valence-electron chi connectivity index (χ1n) is 7.67. The lowest BCUT2D eigenvalue weighted by molar-refractivity contribution is 0.205. The molecule has 1 N–H and O–H groups in total. The van der Waals surface area contributed by atoms with E-state index in [0.717, 1.165) is 28.5 Å². The molecule has 0 bridgehead atoms. The van der Waals surface area contributed by atoms with Gasteiger partial charge in [0.1, 0.15) is 5.75 Å². The van der Waals surface area contributed by atoms with Gasteiger partial charge in [-0.2, -0.15) is 0 Å². The molecule has 1 aliphatic carbocycles. The molecule has 2 rings (SSSR count). The van der Waals surface area contributed by atoms with Crippen LogP contribution in [0.15, 0.2) is 22.7 Å². The Hall–Kier alpha value is -0.540. The van der Waals surface area contributed by atoms with Crippen LogP contribution in [0.1, 0.15) is 38.2 Å². The Balaban J connectivity index is 2.07. The molecule has 3 atom stereocenters. The topological polar surface area (TPSA) is 21.3 Å². The molecule has 1 aliphatic rings. The maximum Gasteiger partial charge on any atom is 0.133 e. The minimum absolute atomic E-state index is 0.665. The van der Waals surface area contributed by atoms with Crippen LogP contribution in [0.3, 0.4) is 0 Å². The van der Waals surface area contributed by atoms with E-state index in [2.05, 4.69) is 53.4 Å². The van der Waals surface area contributed by atoms with Gasteiger partial charge in [0.2, 0.25) is 0 Å². The van der Waals surface area contributed by atoms with Crippen molar-refractivity contribution in [3.8, 4) is 5.75 Å². The van der Waals surface area contributed by atoms with E-state index in [0.29, 0.717) is 6.04 Å². The van der Waals surface area contributed by atoms with Crippen LogP contribution < -0.4 is 10.1 Å². The highest BCUT2D eigenvalue weighted by molar-refractivity contribution is 9.10. The average Bonchev–Trinajstić information content (AvgIpc) is 2.47. The Morgan fingerprint density at radius 3 is 2.75 bits per heavy atom. The van der Waals surface area contributed by atoms with E-state index in [-0.39, 0.29) is 0 Å². The van der Waals surface area contributed by atoms with E-state index in [4.69, 9.17) is 4.74 Å². The van der Waals surface area contributed by atoms with Gasteiger partial charge in [0, 0.05) is 6.04 Å². The molecule has 0 amide bonds.